The highest BCUT2D eigenvalue weighted by Gasteiger charge is 2.42. The lowest BCUT2D eigenvalue weighted by molar-refractivity contribution is -0.155. The molecule has 0 bridgehead atoms. The summed E-state index contributed by atoms with van der Waals surface area (Å²) in [6.07, 6.45) is 5.49. The van der Waals surface area contributed by atoms with Crippen molar-refractivity contribution in [1.29, 1.82) is 0 Å². The van der Waals surface area contributed by atoms with Crippen LogP contribution in [0.5, 0.6) is 5.75 Å². The highest BCUT2D eigenvalue weighted by molar-refractivity contribution is 6.30. The second kappa shape index (κ2) is 10.5. The fourth-order valence-corrected chi connectivity index (χ4v) is 4.60. The Kier molecular flexibility index (Phi) is 7.17. The summed E-state index contributed by atoms with van der Waals surface area (Å²) in [7, 11) is 0. The Morgan fingerprint density at radius 2 is 1.83 bits per heavy atom. The fraction of sp³-hybridized carbons (Fsp3) is 0.520. The molecule has 2 saturated heterocycles. The van der Waals surface area contributed by atoms with Gasteiger partial charge in [0.2, 0.25) is 5.91 Å². The van der Waals surface area contributed by atoms with Crippen molar-refractivity contribution in [3.63, 3.8) is 0 Å². The topological polar surface area (TPSA) is 94.1 Å². The van der Waals surface area contributed by atoms with E-state index in [1.54, 1.807) is 46.5 Å². The van der Waals surface area contributed by atoms with Crippen molar-refractivity contribution in [2.24, 2.45) is 0 Å². The van der Waals surface area contributed by atoms with Crippen LogP contribution in [-0.2, 0) is 14.3 Å². The number of aromatic nitrogens is 2. The molecule has 2 amide bonds. The van der Waals surface area contributed by atoms with Crippen molar-refractivity contribution in [1.82, 2.24) is 19.8 Å². The minimum Gasteiger partial charge on any atom is -0.490 e. The number of carbonyl (C=O) groups excluding carboxylic acids is 2. The predicted octanol–water partition coefficient (Wildman–Crippen LogP) is 2.55. The first kappa shape index (κ1) is 24.0. The predicted molar refractivity (Wildman–Crippen MR) is 128 cm³/mol. The standard InChI is InChI=1S/C25H29ClN4O5/c26-20-2-1-3-21(12-20)34-17-25(13-22(31)29-6-9-33-10-7-29)16-30(8-11-35-25)24(32)19-14-27-23(28-15-19)18-4-5-18/h1-3,12,14-15,18H,4-11,13,16-17H2/t25-/m1/s1. The van der Waals surface area contributed by atoms with E-state index in [1.165, 1.54) is 0 Å². The van der Waals surface area contributed by atoms with Crippen LogP contribution in [0.15, 0.2) is 36.7 Å². The van der Waals surface area contributed by atoms with Gasteiger partial charge in [0.1, 0.15) is 23.8 Å². The molecule has 5 rings (SSSR count). The third-order valence-corrected chi connectivity index (χ3v) is 6.77. The van der Waals surface area contributed by atoms with Crippen molar-refractivity contribution >= 4 is 23.4 Å². The quantitative estimate of drug-likeness (QED) is 0.576. The molecule has 3 fully saturated rings. The van der Waals surface area contributed by atoms with Gasteiger partial charge in [0.15, 0.2) is 0 Å². The Hall–Kier alpha value is -2.75. The summed E-state index contributed by atoms with van der Waals surface area (Å²) >= 11 is 6.11. The molecule has 3 aliphatic rings. The van der Waals surface area contributed by atoms with E-state index in [0.29, 0.717) is 61.7 Å². The molecule has 0 spiro atoms. The third-order valence-electron chi connectivity index (χ3n) is 6.53. The molecule has 1 aromatic heterocycles. The maximum absolute atomic E-state index is 13.3. The Morgan fingerprint density at radius 3 is 2.54 bits per heavy atom. The second-order valence-corrected chi connectivity index (χ2v) is 9.71. The van der Waals surface area contributed by atoms with E-state index in [4.69, 9.17) is 25.8 Å². The number of nitrogens with zero attached hydrogens (tertiary/aromatic N) is 4. The molecule has 0 radical (unpaired) electrons. The SMILES string of the molecule is O=C(C[C@]1(COc2cccc(Cl)c2)CN(C(=O)c2cnc(C3CC3)nc2)CCO1)N1CCOCC1. The van der Waals surface area contributed by atoms with Crippen molar-refractivity contribution < 1.29 is 23.8 Å². The first-order valence-electron chi connectivity index (χ1n) is 12.0. The molecule has 0 N–H and O–H groups in total. The van der Waals surface area contributed by atoms with E-state index in [0.717, 1.165) is 18.7 Å². The summed E-state index contributed by atoms with van der Waals surface area (Å²) in [5.41, 5.74) is -0.569. The number of morpholine rings is 2. The lowest BCUT2D eigenvalue weighted by atomic mass is 9.96. The largest absolute Gasteiger partial charge is 0.490 e. The third kappa shape index (κ3) is 5.91. The van der Waals surface area contributed by atoms with Gasteiger partial charge in [-0.1, -0.05) is 17.7 Å². The first-order valence-corrected chi connectivity index (χ1v) is 12.4. The van der Waals surface area contributed by atoms with Crippen molar-refractivity contribution in [2.45, 2.75) is 30.8 Å². The lowest BCUT2D eigenvalue weighted by Gasteiger charge is -2.43. The average molecular weight is 501 g/mol. The molecule has 0 unspecified atom stereocenters. The van der Waals surface area contributed by atoms with Gasteiger partial charge in [-0.3, -0.25) is 9.59 Å². The monoisotopic (exact) mass is 500 g/mol. The number of carbonyl (C=O) groups is 2. The molecule has 186 valence electrons. The van der Waals surface area contributed by atoms with Crippen LogP contribution in [-0.4, -0.2) is 89.8 Å². The van der Waals surface area contributed by atoms with Crippen LogP contribution in [0.1, 0.15) is 41.4 Å². The van der Waals surface area contributed by atoms with E-state index >= 15 is 0 Å². The molecule has 1 aromatic carbocycles. The Bertz CT molecular complexity index is 1060. The van der Waals surface area contributed by atoms with Crippen LogP contribution in [0.25, 0.3) is 0 Å². The maximum Gasteiger partial charge on any atom is 0.257 e. The molecule has 2 aromatic rings. The van der Waals surface area contributed by atoms with Crippen molar-refractivity contribution in [3.8, 4) is 5.75 Å². The zero-order chi connectivity index (χ0) is 24.3. The molecule has 2 aliphatic heterocycles. The smallest absolute Gasteiger partial charge is 0.257 e. The Balaban J connectivity index is 1.32. The number of amides is 2. The molecule has 3 heterocycles. The van der Waals surface area contributed by atoms with Gasteiger partial charge in [-0.2, -0.15) is 0 Å². The maximum atomic E-state index is 13.3. The Morgan fingerprint density at radius 1 is 1.09 bits per heavy atom. The number of rotatable bonds is 7. The zero-order valence-electron chi connectivity index (χ0n) is 19.5. The minimum atomic E-state index is -1.000. The van der Waals surface area contributed by atoms with Crippen LogP contribution in [0.3, 0.4) is 0 Å². The summed E-state index contributed by atoms with van der Waals surface area (Å²) in [6, 6.07) is 7.07. The average Bonchev–Trinajstić information content (AvgIpc) is 3.74. The van der Waals surface area contributed by atoms with Gasteiger partial charge in [0, 0.05) is 43.0 Å². The van der Waals surface area contributed by atoms with E-state index in [-0.39, 0.29) is 31.4 Å². The minimum absolute atomic E-state index is 0.0468. The molecule has 1 atom stereocenters. The van der Waals surface area contributed by atoms with E-state index in [1.807, 2.05) is 0 Å². The summed E-state index contributed by atoms with van der Waals surface area (Å²) in [4.78, 5) is 38.7. The van der Waals surface area contributed by atoms with Crippen LogP contribution in [0, 0.1) is 0 Å². The van der Waals surface area contributed by atoms with Gasteiger partial charge in [-0.25, -0.2) is 9.97 Å². The van der Waals surface area contributed by atoms with Crippen molar-refractivity contribution in [2.75, 3.05) is 52.6 Å². The number of hydrogen-bond acceptors (Lipinski definition) is 7. The Labute approximate surface area is 209 Å². The molecular weight excluding hydrogens is 472 g/mol. The molecule has 1 aliphatic carbocycles. The van der Waals surface area contributed by atoms with Crippen LogP contribution in [0.2, 0.25) is 5.02 Å². The van der Waals surface area contributed by atoms with Crippen LogP contribution < -0.4 is 4.74 Å². The summed E-state index contributed by atoms with van der Waals surface area (Å²) in [6.45, 7) is 3.13. The van der Waals surface area contributed by atoms with Crippen LogP contribution in [0.4, 0.5) is 0 Å². The number of benzene rings is 1. The van der Waals surface area contributed by atoms with Gasteiger partial charge in [-0.15, -0.1) is 0 Å². The number of ether oxygens (including phenoxy) is 3. The van der Waals surface area contributed by atoms with Gasteiger partial charge in [0.05, 0.1) is 38.3 Å². The summed E-state index contributed by atoms with van der Waals surface area (Å²) < 4.78 is 17.6. The highest BCUT2D eigenvalue weighted by Crippen LogP contribution is 2.37. The van der Waals surface area contributed by atoms with Gasteiger partial charge in [-0.05, 0) is 31.0 Å². The highest BCUT2D eigenvalue weighted by atomic mass is 35.5. The molecule has 1 saturated carbocycles. The van der Waals surface area contributed by atoms with Crippen LogP contribution >= 0.6 is 11.6 Å². The molecular formula is C25H29ClN4O5. The number of halogens is 1. The fourth-order valence-electron chi connectivity index (χ4n) is 4.42. The molecule has 9 nitrogen and oxygen atoms in total. The zero-order valence-corrected chi connectivity index (χ0v) is 20.3. The van der Waals surface area contributed by atoms with Gasteiger partial charge >= 0.3 is 0 Å². The van der Waals surface area contributed by atoms with Crippen molar-refractivity contribution in [3.05, 3.63) is 53.1 Å². The van der Waals surface area contributed by atoms with E-state index < -0.39 is 5.60 Å². The van der Waals surface area contributed by atoms with Gasteiger partial charge < -0.3 is 24.0 Å². The van der Waals surface area contributed by atoms with E-state index in [2.05, 4.69) is 9.97 Å². The van der Waals surface area contributed by atoms with E-state index in [9.17, 15) is 9.59 Å². The lowest BCUT2D eigenvalue weighted by Crippen LogP contribution is -2.58. The van der Waals surface area contributed by atoms with Gasteiger partial charge in [0.25, 0.3) is 5.91 Å². The molecule has 35 heavy (non-hydrogen) atoms. The summed E-state index contributed by atoms with van der Waals surface area (Å²) in [5.74, 6) is 1.57. The second-order valence-electron chi connectivity index (χ2n) is 9.28. The first-order chi connectivity index (χ1) is 17.0. The normalized spacial score (nSPS) is 22.7. The molecule has 10 heteroatoms. The summed E-state index contributed by atoms with van der Waals surface area (Å²) in [5, 5.41) is 0.553. The number of hydrogen-bond donors (Lipinski definition) is 0.